The largest absolute Gasteiger partial charge is 0.275 e. The number of hydrogen-bond acceptors (Lipinski definition) is 4. The van der Waals surface area contributed by atoms with Gasteiger partial charge in [-0.2, -0.15) is 10.1 Å². The number of hydrogen-bond donors (Lipinski definition) is 1. The van der Waals surface area contributed by atoms with Crippen LogP contribution < -0.4 is 5.56 Å². The molecule has 0 bridgehead atoms. The van der Waals surface area contributed by atoms with Crippen molar-refractivity contribution in [2.24, 2.45) is 0 Å². The first-order valence-corrected chi connectivity index (χ1v) is 4.20. The molecule has 0 aliphatic rings. The fraction of sp³-hybridized carbons (Fsp3) is 0. The molecular formula is C7H5N3OS. The number of aromatic amines is 1. The van der Waals surface area contributed by atoms with E-state index in [2.05, 4.69) is 15.2 Å². The summed E-state index contributed by atoms with van der Waals surface area (Å²) in [5, 5.41) is 8.89. The Balaban J connectivity index is 2.55. The van der Waals surface area contributed by atoms with Crippen molar-refractivity contribution in [3.05, 3.63) is 34.1 Å². The summed E-state index contributed by atoms with van der Waals surface area (Å²) in [4.78, 5) is 14.7. The first-order valence-electron chi connectivity index (χ1n) is 3.32. The summed E-state index contributed by atoms with van der Waals surface area (Å²) in [6.07, 6.45) is 1.63. The van der Waals surface area contributed by atoms with Gasteiger partial charge in [-0.3, -0.25) is 9.89 Å². The molecule has 4 nitrogen and oxygen atoms in total. The molecule has 0 atom stereocenters. The van der Waals surface area contributed by atoms with Crippen LogP contribution in [0.2, 0.25) is 0 Å². The van der Waals surface area contributed by atoms with Gasteiger partial charge in [0.1, 0.15) is 5.01 Å². The minimum Gasteiger partial charge on any atom is -0.275 e. The molecule has 0 aromatic carbocycles. The molecule has 5 heteroatoms. The summed E-state index contributed by atoms with van der Waals surface area (Å²) in [6, 6.07) is 3.21. The molecule has 0 aliphatic heterocycles. The predicted molar refractivity (Wildman–Crippen MR) is 46.0 cm³/mol. The van der Waals surface area contributed by atoms with Crippen LogP contribution in [0.4, 0.5) is 0 Å². The molecule has 2 heterocycles. The van der Waals surface area contributed by atoms with Gasteiger partial charge in [0.15, 0.2) is 0 Å². The number of aromatic nitrogens is 3. The highest BCUT2D eigenvalue weighted by atomic mass is 32.1. The van der Waals surface area contributed by atoms with Crippen molar-refractivity contribution < 1.29 is 0 Å². The van der Waals surface area contributed by atoms with Crippen molar-refractivity contribution in [2.45, 2.75) is 0 Å². The summed E-state index contributed by atoms with van der Waals surface area (Å²) in [5.74, 6) is 0. The smallest absolute Gasteiger partial charge is 0.271 e. The Morgan fingerprint density at radius 1 is 1.42 bits per heavy atom. The summed E-state index contributed by atoms with van der Waals surface area (Å²) >= 11 is 1.40. The van der Waals surface area contributed by atoms with Crippen LogP contribution in [0, 0.1) is 0 Å². The maximum Gasteiger partial charge on any atom is 0.271 e. The quantitative estimate of drug-likeness (QED) is 0.707. The summed E-state index contributed by atoms with van der Waals surface area (Å²) < 4.78 is 0. The highest BCUT2D eigenvalue weighted by molar-refractivity contribution is 7.12. The Morgan fingerprint density at radius 2 is 2.33 bits per heavy atom. The summed E-state index contributed by atoms with van der Waals surface area (Å²) in [6.45, 7) is 0. The molecule has 0 aliphatic carbocycles. The predicted octanol–water partition coefficient (Wildman–Crippen LogP) is 0.893. The van der Waals surface area contributed by atoms with E-state index >= 15 is 0 Å². The van der Waals surface area contributed by atoms with E-state index in [1.165, 1.54) is 17.4 Å². The molecule has 0 unspecified atom stereocenters. The zero-order valence-electron chi connectivity index (χ0n) is 6.02. The third-order valence-corrected chi connectivity index (χ3v) is 2.14. The van der Waals surface area contributed by atoms with Crippen molar-refractivity contribution in [3.63, 3.8) is 0 Å². The minimum absolute atomic E-state index is 0.224. The van der Waals surface area contributed by atoms with Gasteiger partial charge < -0.3 is 0 Å². The lowest BCUT2D eigenvalue weighted by Gasteiger charge is -1.90. The zero-order valence-corrected chi connectivity index (χ0v) is 6.84. The van der Waals surface area contributed by atoms with Crippen LogP contribution in [-0.4, -0.2) is 15.2 Å². The Labute approximate surface area is 71.9 Å². The summed E-state index contributed by atoms with van der Waals surface area (Å²) in [5.41, 5.74) is 0.552. The second-order valence-corrected chi connectivity index (χ2v) is 3.04. The van der Waals surface area contributed by atoms with E-state index in [9.17, 15) is 4.79 Å². The average Bonchev–Trinajstić information content (AvgIpc) is 2.56. The zero-order chi connectivity index (χ0) is 8.39. The van der Waals surface area contributed by atoms with Crippen LogP contribution in [0.5, 0.6) is 0 Å². The lowest BCUT2D eigenvalue weighted by Crippen LogP contribution is -2.02. The average molecular weight is 179 g/mol. The van der Waals surface area contributed by atoms with E-state index in [4.69, 9.17) is 0 Å². The number of nitrogens with zero attached hydrogens (tertiary/aromatic N) is 2. The molecule has 0 saturated carbocycles. The standard InChI is InChI=1S/C7H5N3OS/c11-6-2-4-12-7(9-6)5-1-3-8-10-5/h1-4H,(H,8,10). The van der Waals surface area contributed by atoms with Gasteiger partial charge in [-0.25, -0.2) is 0 Å². The summed E-state index contributed by atoms with van der Waals surface area (Å²) in [7, 11) is 0. The Morgan fingerprint density at radius 3 is 3.00 bits per heavy atom. The Hall–Kier alpha value is -1.49. The van der Waals surface area contributed by atoms with Crippen molar-refractivity contribution in [2.75, 3.05) is 0 Å². The van der Waals surface area contributed by atoms with Gasteiger partial charge in [0.2, 0.25) is 0 Å². The topological polar surface area (TPSA) is 58.6 Å². The fourth-order valence-corrected chi connectivity index (χ4v) is 1.52. The van der Waals surface area contributed by atoms with Gasteiger partial charge >= 0.3 is 0 Å². The van der Waals surface area contributed by atoms with Crippen molar-refractivity contribution in [3.8, 4) is 10.7 Å². The molecule has 0 fully saturated rings. The van der Waals surface area contributed by atoms with Crippen LogP contribution in [0.25, 0.3) is 10.7 Å². The monoisotopic (exact) mass is 179 g/mol. The van der Waals surface area contributed by atoms with Crippen molar-refractivity contribution >= 4 is 11.3 Å². The van der Waals surface area contributed by atoms with Crippen LogP contribution in [0.1, 0.15) is 0 Å². The van der Waals surface area contributed by atoms with Gasteiger partial charge in [-0.15, -0.1) is 11.3 Å². The lowest BCUT2D eigenvalue weighted by atomic mass is 10.5. The first-order chi connectivity index (χ1) is 5.86. The molecule has 60 valence electrons. The van der Waals surface area contributed by atoms with Crippen LogP contribution in [0.3, 0.4) is 0 Å². The highest BCUT2D eigenvalue weighted by Crippen LogP contribution is 2.15. The SMILES string of the molecule is O=c1ccsc(-c2ccn[nH]2)n1. The second kappa shape index (κ2) is 2.86. The van der Waals surface area contributed by atoms with E-state index in [0.29, 0.717) is 5.01 Å². The van der Waals surface area contributed by atoms with Gasteiger partial charge in [0, 0.05) is 12.3 Å². The molecule has 12 heavy (non-hydrogen) atoms. The van der Waals surface area contributed by atoms with E-state index < -0.39 is 0 Å². The first kappa shape index (κ1) is 7.17. The van der Waals surface area contributed by atoms with Gasteiger partial charge in [-0.05, 0) is 11.4 Å². The van der Waals surface area contributed by atoms with Gasteiger partial charge in [-0.1, -0.05) is 0 Å². The number of H-pyrrole nitrogens is 1. The third kappa shape index (κ3) is 1.26. The maximum absolute atomic E-state index is 10.8. The number of nitrogens with one attached hydrogen (secondary N) is 1. The molecular weight excluding hydrogens is 174 g/mol. The molecule has 1 N–H and O–H groups in total. The molecule has 2 aromatic rings. The lowest BCUT2D eigenvalue weighted by molar-refractivity contribution is 1.09. The Kier molecular flexibility index (Phi) is 1.71. The normalized spacial score (nSPS) is 10.0. The van der Waals surface area contributed by atoms with Crippen molar-refractivity contribution in [1.82, 2.24) is 15.2 Å². The molecule has 0 saturated heterocycles. The van der Waals surface area contributed by atoms with E-state index in [1.807, 2.05) is 0 Å². The van der Waals surface area contributed by atoms with Crippen LogP contribution in [0.15, 0.2) is 28.5 Å². The Bertz CT molecular complexity index is 420. The van der Waals surface area contributed by atoms with Crippen LogP contribution in [-0.2, 0) is 0 Å². The highest BCUT2D eigenvalue weighted by Gasteiger charge is 1.99. The van der Waals surface area contributed by atoms with E-state index in [0.717, 1.165) is 5.69 Å². The maximum atomic E-state index is 10.8. The second-order valence-electron chi connectivity index (χ2n) is 2.15. The van der Waals surface area contributed by atoms with Crippen LogP contribution >= 0.6 is 11.3 Å². The molecule has 0 amide bonds. The molecule has 0 spiro atoms. The van der Waals surface area contributed by atoms with E-state index in [-0.39, 0.29) is 5.56 Å². The minimum atomic E-state index is -0.224. The molecule has 0 radical (unpaired) electrons. The molecule has 2 rings (SSSR count). The van der Waals surface area contributed by atoms with Gasteiger partial charge in [0.05, 0.1) is 5.69 Å². The third-order valence-electron chi connectivity index (χ3n) is 1.33. The fourth-order valence-electron chi connectivity index (χ4n) is 0.819. The molecule has 2 aromatic heterocycles. The number of rotatable bonds is 1. The van der Waals surface area contributed by atoms with Crippen molar-refractivity contribution in [1.29, 1.82) is 0 Å². The van der Waals surface area contributed by atoms with Gasteiger partial charge in [0.25, 0.3) is 5.56 Å². The van der Waals surface area contributed by atoms with E-state index in [1.54, 1.807) is 17.6 Å².